The molecule has 1 aromatic carbocycles. The Morgan fingerprint density at radius 1 is 1.28 bits per heavy atom. The molecule has 1 aromatic rings. The van der Waals surface area contributed by atoms with Gasteiger partial charge in [0.1, 0.15) is 5.82 Å². The van der Waals surface area contributed by atoms with E-state index in [9.17, 15) is 27.2 Å². The second kappa shape index (κ2) is 7.38. The predicted molar refractivity (Wildman–Crippen MR) is 80.0 cm³/mol. The zero-order chi connectivity index (χ0) is 18.8. The van der Waals surface area contributed by atoms with Crippen molar-refractivity contribution >= 4 is 11.9 Å². The van der Waals surface area contributed by atoms with Crippen LogP contribution in [-0.2, 0) is 16.1 Å². The number of nitrogens with zero attached hydrogens (tertiary/aromatic N) is 2. The van der Waals surface area contributed by atoms with Gasteiger partial charge in [0.15, 0.2) is 0 Å². The van der Waals surface area contributed by atoms with E-state index in [-0.39, 0.29) is 25.2 Å². The van der Waals surface area contributed by atoms with E-state index in [0.29, 0.717) is 0 Å². The van der Waals surface area contributed by atoms with Gasteiger partial charge in [0, 0.05) is 32.2 Å². The number of aliphatic carboxylic acids is 1. The van der Waals surface area contributed by atoms with Crippen molar-refractivity contribution in [1.29, 1.82) is 0 Å². The monoisotopic (exact) mass is 362 g/mol. The first-order valence-electron chi connectivity index (χ1n) is 7.59. The quantitative estimate of drug-likeness (QED) is 0.814. The van der Waals surface area contributed by atoms with Crippen molar-refractivity contribution in [2.45, 2.75) is 12.7 Å². The fourth-order valence-corrected chi connectivity index (χ4v) is 2.88. The van der Waals surface area contributed by atoms with Crippen molar-refractivity contribution < 1.29 is 32.3 Å². The molecule has 1 amide bonds. The standard InChI is InChI=1S/C16H18F4N2O3/c1-21(6-10-4-2-3-5-13(10)17)14(23)9-22-7-11(15(24)25)12(8-22)16(18,19)20/h2-5,11-12H,6-9H2,1H3,(H,24,25)/t11-,12-/m1/s1. The molecule has 0 unspecified atom stereocenters. The summed E-state index contributed by atoms with van der Waals surface area (Å²) < 4.78 is 52.4. The number of carboxylic acid groups (broad SMARTS) is 1. The maximum Gasteiger partial charge on any atom is 0.393 e. The summed E-state index contributed by atoms with van der Waals surface area (Å²) in [5, 5.41) is 8.97. The summed E-state index contributed by atoms with van der Waals surface area (Å²) in [6, 6.07) is 5.88. The zero-order valence-corrected chi connectivity index (χ0v) is 13.5. The molecule has 0 spiro atoms. The molecule has 138 valence electrons. The van der Waals surface area contributed by atoms with Crippen LogP contribution in [0.2, 0.25) is 0 Å². The van der Waals surface area contributed by atoms with Crippen LogP contribution in [0.3, 0.4) is 0 Å². The van der Waals surface area contributed by atoms with Crippen LogP contribution in [0, 0.1) is 17.7 Å². The van der Waals surface area contributed by atoms with Gasteiger partial charge in [-0.05, 0) is 6.07 Å². The molecule has 1 saturated heterocycles. The lowest BCUT2D eigenvalue weighted by molar-refractivity contribution is -0.188. The molecule has 1 aliphatic heterocycles. The molecule has 1 heterocycles. The van der Waals surface area contributed by atoms with Gasteiger partial charge in [-0.3, -0.25) is 14.5 Å². The Morgan fingerprint density at radius 2 is 1.92 bits per heavy atom. The number of carbonyl (C=O) groups excluding carboxylic acids is 1. The average molecular weight is 362 g/mol. The number of rotatable bonds is 5. The second-order valence-corrected chi connectivity index (χ2v) is 6.13. The topological polar surface area (TPSA) is 60.9 Å². The highest BCUT2D eigenvalue weighted by atomic mass is 19.4. The number of carbonyl (C=O) groups is 2. The van der Waals surface area contributed by atoms with Gasteiger partial charge in [0.25, 0.3) is 0 Å². The second-order valence-electron chi connectivity index (χ2n) is 6.13. The highest BCUT2D eigenvalue weighted by molar-refractivity contribution is 5.78. The van der Waals surface area contributed by atoms with Crippen molar-refractivity contribution in [1.82, 2.24) is 9.80 Å². The molecule has 0 aromatic heterocycles. The van der Waals surface area contributed by atoms with Gasteiger partial charge >= 0.3 is 12.1 Å². The first kappa shape index (κ1) is 19.2. The number of amides is 1. The SMILES string of the molecule is CN(Cc1ccccc1F)C(=O)CN1C[C@@H](C(F)(F)F)[C@H](C(=O)O)C1. The Morgan fingerprint density at radius 3 is 2.44 bits per heavy atom. The van der Waals surface area contributed by atoms with Gasteiger partial charge < -0.3 is 10.0 Å². The van der Waals surface area contributed by atoms with E-state index in [1.807, 2.05) is 0 Å². The van der Waals surface area contributed by atoms with Crippen molar-refractivity contribution in [2.75, 3.05) is 26.7 Å². The highest BCUT2D eigenvalue weighted by Crippen LogP contribution is 2.37. The van der Waals surface area contributed by atoms with Crippen LogP contribution in [0.5, 0.6) is 0 Å². The summed E-state index contributed by atoms with van der Waals surface area (Å²) in [7, 11) is 1.42. The first-order chi connectivity index (χ1) is 11.6. The Kier molecular flexibility index (Phi) is 5.66. The lowest BCUT2D eigenvalue weighted by Gasteiger charge is -2.22. The van der Waals surface area contributed by atoms with Crippen LogP contribution >= 0.6 is 0 Å². The Labute approximate surface area is 141 Å². The molecule has 0 saturated carbocycles. The molecule has 5 nitrogen and oxygen atoms in total. The number of halogens is 4. The number of hydrogen-bond donors (Lipinski definition) is 1. The average Bonchev–Trinajstić information content (AvgIpc) is 2.94. The third-order valence-electron chi connectivity index (χ3n) is 4.28. The first-order valence-corrected chi connectivity index (χ1v) is 7.59. The molecule has 25 heavy (non-hydrogen) atoms. The summed E-state index contributed by atoms with van der Waals surface area (Å²) in [6.07, 6.45) is -4.64. The molecule has 1 aliphatic rings. The third-order valence-corrected chi connectivity index (χ3v) is 4.28. The molecule has 9 heteroatoms. The van der Waals surface area contributed by atoms with Crippen LogP contribution in [-0.4, -0.2) is 59.6 Å². The molecule has 2 atom stereocenters. The van der Waals surface area contributed by atoms with Crippen molar-refractivity contribution in [3.8, 4) is 0 Å². The molecule has 0 bridgehead atoms. The number of benzene rings is 1. The Balaban J connectivity index is 1.98. The highest BCUT2D eigenvalue weighted by Gasteiger charge is 2.52. The Hall–Kier alpha value is -2.16. The minimum Gasteiger partial charge on any atom is -0.481 e. The summed E-state index contributed by atoms with van der Waals surface area (Å²) in [6.45, 7) is -1.26. The molecule has 0 aliphatic carbocycles. The number of carboxylic acids is 1. The fourth-order valence-electron chi connectivity index (χ4n) is 2.88. The zero-order valence-electron chi connectivity index (χ0n) is 13.5. The van der Waals surface area contributed by atoms with Gasteiger partial charge in [0.05, 0.1) is 18.4 Å². The van der Waals surface area contributed by atoms with Gasteiger partial charge in [0.2, 0.25) is 5.91 Å². The van der Waals surface area contributed by atoms with E-state index in [0.717, 1.165) is 0 Å². The van der Waals surface area contributed by atoms with E-state index in [2.05, 4.69) is 0 Å². The lowest BCUT2D eigenvalue weighted by atomic mass is 9.96. The normalized spacial score (nSPS) is 21.3. The van der Waals surface area contributed by atoms with Crippen LogP contribution in [0.1, 0.15) is 5.56 Å². The Bertz CT molecular complexity index is 651. The molecule has 1 N–H and O–H groups in total. The number of likely N-dealkylation sites (tertiary alicyclic amines) is 1. The minimum absolute atomic E-state index is 0.0234. The number of likely N-dealkylation sites (N-methyl/N-ethyl adjacent to an activating group) is 1. The van der Waals surface area contributed by atoms with E-state index in [1.54, 1.807) is 6.07 Å². The maximum atomic E-state index is 13.6. The van der Waals surface area contributed by atoms with Crippen molar-refractivity contribution in [3.05, 3.63) is 35.6 Å². The largest absolute Gasteiger partial charge is 0.481 e. The predicted octanol–water partition coefficient (Wildman–Crippen LogP) is 1.98. The van der Waals surface area contributed by atoms with Gasteiger partial charge in [-0.25, -0.2) is 4.39 Å². The smallest absolute Gasteiger partial charge is 0.393 e. The van der Waals surface area contributed by atoms with E-state index in [1.165, 1.54) is 35.0 Å². The molecule has 1 fully saturated rings. The van der Waals surface area contributed by atoms with Crippen molar-refractivity contribution in [2.24, 2.45) is 11.8 Å². The maximum absolute atomic E-state index is 13.6. The summed E-state index contributed by atoms with van der Waals surface area (Å²) >= 11 is 0. The van der Waals surface area contributed by atoms with E-state index < -0.39 is 42.3 Å². The molecular formula is C16H18F4N2O3. The van der Waals surface area contributed by atoms with Crippen LogP contribution in [0.25, 0.3) is 0 Å². The molecule has 2 rings (SSSR count). The third kappa shape index (κ3) is 4.68. The number of hydrogen-bond acceptors (Lipinski definition) is 3. The van der Waals surface area contributed by atoms with Crippen LogP contribution in [0.15, 0.2) is 24.3 Å². The van der Waals surface area contributed by atoms with Gasteiger partial charge in [-0.1, -0.05) is 18.2 Å². The summed E-state index contributed by atoms with van der Waals surface area (Å²) in [4.78, 5) is 25.6. The van der Waals surface area contributed by atoms with Crippen LogP contribution < -0.4 is 0 Å². The lowest BCUT2D eigenvalue weighted by Crippen LogP contribution is -2.38. The molecular weight excluding hydrogens is 344 g/mol. The van der Waals surface area contributed by atoms with E-state index in [4.69, 9.17) is 5.11 Å². The fraction of sp³-hybridized carbons (Fsp3) is 0.500. The van der Waals surface area contributed by atoms with Gasteiger partial charge in [-0.2, -0.15) is 13.2 Å². The van der Waals surface area contributed by atoms with Gasteiger partial charge in [-0.15, -0.1) is 0 Å². The summed E-state index contributed by atoms with van der Waals surface area (Å²) in [5.74, 6) is -6.11. The summed E-state index contributed by atoms with van der Waals surface area (Å²) in [5.41, 5.74) is 0.288. The van der Waals surface area contributed by atoms with Crippen molar-refractivity contribution in [3.63, 3.8) is 0 Å². The number of alkyl halides is 3. The minimum atomic E-state index is -4.64. The van der Waals surface area contributed by atoms with Crippen LogP contribution in [0.4, 0.5) is 17.6 Å². The van der Waals surface area contributed by atoms with E-state index >= 15 is 0 Å². The molecule has 0 radical (unpaired) electrons.